The highest BCUT2D eigenvalue weighted by molar-refractivity contribution is 7.99. The van der Waals surface area contributed by atoms with Gasteiger partial charge in [0.05, 0.1) is 22.8 Å². The lowest BCUT2D eigenvalue weighted by Gasteiger charge is -2.20. The van der Waals surface area contributed by atoms with Crippen LogP contribution in [0.2, 0.25) is 0 Å². The van der Waals surface area contributed by atoms with Crippen molar-refractivity contribution in [3.8, 4) is 0 Å². The SMILES string of the molecule is CCc1nn(CC(C)(C)N)c(CC)c1Sc1ccc(F)cc1. The largest absolute Gasteiger partial charge is 0.324 e. The van der Waals surface area contributed by atoms with Gasteiger partial charge in [-0.1, -0.05) is 25.6 Å². The molecule has 22 heavy (non-hydrogen) atoms. The fourth-order valence-corrected chi connectivity index (χ4v) is 3.54. The fourth-order valence-electron chi connectivity index (χ4n) is 2.36. The molecule has 0 fully saturated rings. The first-order valence-electron chi connectivity index (χ1n) is 7.65. The van der Waals surface area contributed by atoms with E-state index in [2.05, 4.69) is 13.8 Å². The zero-order valence-corrected chi connectivity index (χ0v) is 14.5. The highest BCUT2D eigenvalue weighted by atomic mass is 32.2. The molecule has 1 aromatic heterocycles. The van der Waals surface area contributed by atoms with Crippen molar-refractivity contribution in [2.45, 2.75) is 62.4 Å². The first-order valence-corrected chi connectivity index (χ1v) is 8.46. The number of benzene rings is 1. The summed E-state index contributed by atoms with van der Waals surface area (Å²) in [7, 11) is 0. The Kier molecular flexibility index (Phi) is 5.29. The smallest absolute Gasteiger partial charge is 0.123 e. The third kappa shape index (κ3) is 4.11. The lowest BCUT2D eigenvalue weighted by Crippen LogP contribution is -2.37. The van der Waals surface area contributed by atoms with Gasteiger partial charge in [0.1, 0.15) is 5.82 Å². The highest BCUT2D eigenvalue weighted by Gasteiger charge is 2.20. The normalized spacial score (nSPS) is 11.9. The maximum Gasteiger partial charge on any atom is 0.123 e. The molecule has 0 saturated carbocycles. The summed E-state index contributed by atoms with van der Waals surface area (Å²) < 4.78 is 15.1. The van der Waals surface area contributed by atoms with E-state index in [1.165, 1.54) is 22.7 Å². The van der Waals surface area contributed by atoms with Crippen molar-refractivity contribution in [1.82, 2.24) is 9.78 Å². The van der Waals surface area contributed by atoms with Crippen LogP contribution in [-0.2, 0) is 19.4 Å². The molecule has 0 radical (unpaired) electrons. The average molecular weight is 321 g/mol. The van der Waals surface area contributed by atoms with E-state index < -0.39 is 0 Å². The highest BCUT2D eigenvalue weighted by Crippen LogP contribution is 2.34. The molecule has 1 heterocycles. The second-order valence-electron chi connectivity index (χ2n) is 6.13. The van der Waals surface area contributed by atoms with Gasteiger partial charge in [0, 0.05) is 10.4 Å². The molecule has 0 atom stereocenters. The van der Waals surface area contributed by atoms with E-state index in [0.29, 0.717) is 6.54 Å². The van der Waals surface area contributed by atoms with Crippen molar-refractivity contribution in [2.24, 2.45) is 5.73 Å². The van der Waals surface area contributed by atoms with Crippen LogP contribution in [0.4, 0.5) is 4.39 Å². The molecule has 0 bridgehead atoms. The molecular weight excluding hydrogens is 297 g/mol. The van der Waals surface area contributed by atoms with Crippen LogP contribution in [0.25, 0.3) is 0 Å². The molecule has 0 spiro atoms. The van der Waals surface area contributed by atoms with Gasteiger partial charge >= 0.3 is 0 Å². The Morgan fingerprint density at radius 3 is 2.32 bits per heavy atom. The molecule has 0 aliphatic heterocycles. The van der Waals surface area contributed by atoms with Gasteiger partial charge in [-0.25, -0.2) is 4.39 Å². The Morgan fingerprint density at radius 1 is 1.18 bits per heavy atom. The summed E-state index contributed by atoms with van der Waals surface area (Å²) in [6.45, 7) is 8.94. The molecular formula is C17H24FN3S. The van der Waals surface area contributed by atoms with E-state index in [1.807, 2.05) is 30.7 Å². The van der Waals surface area contributed by atoms with Gasteiger partial charge in [0.25, 0.3) is 0 Å². The zero-order valence-electron chi connectivity index (χ0n) is 13.7. The maximum atomic E-state index is 13.1. The van der Waals surface area contributed by atoms with E-state index in [1.54, 1.807) is 11.8 Å². The van der Waals surface area contributed by atoms with Gasteiger partial charge in [-0.05, 0) is 51.0 Å². The topological polar surface area (TPSA) is 43.8 Å². The number of hydrogen-bond donors (Lipinski definition) is 1. The van der Waals surface area contributed by atoms with Gasteiger partial charge in [0.15, 0.2) is 0 Å². The molecule has 3 nitrogen and oxygen atoms in total. The Labute approximate surface area is 136 Å². The van der Waals surface area contributed by atoms with Gasteiger partial charge in [-0.2, -0.15) is 5.10 Å². The summed E-state index contributed by atoms with van der Waals surface area (Å²) in [6, 6.07) is 6.60. The minimum Gasteiger partial charge on any atom is -0.324 e. The summed E-state index contributed by atoms with van der Waals surface area (Å²) in [4.78, 5) is 2.21. The first kappa shape index (κ1) is 17.0. The van der Waals surface area contributed by atoms with Crippen molar-refractivity contribution >= 4 is 11.8 Å². The van der Waals surface area contributed by atoms with Crippen LogP contribution in [-0.4, -0.2) is 15.3 Å². The van der Waals surface area contributed by atoms with E-state index in [-0.39, 0.29) is 11.4 Å². The van der Waals surface area contributed by atoms with Crippen LogP contribution in [0.1, 0.15) is 39.1 Å². The molecule has 0 amide bonds. The Balaban J connectivity index is 2.38. The molecule has 5 heteroatoms. The predicted molar refractivity (Wildman–Crippen MR) is 89.8 cm³/mol. The van der Waals surface area contributed by atoms with Gasteiger partial charge in [-0.3, -0.25) is 4.68 Å². The van der Waals surface area contributed by atoms with E-state index in [9.17, 15) is 4.39 Å². The predicted octanol–water partition coefficient (Wildman–Crippen LogP) is 4.04. The van der Waals surface area contributed by atoms with Crippen molar-refractivity contribution in [3.05, 3.63) is 41.5 Å². The Bertz CT molecular complexity index is 627. The molecule has 0 aliphatic carbocycles. The summed E-state index contributed by atoms with van der Waals surface area (Å²) in [5, 5.41) is 4.74. The monoisotopic (exact) mass is 321 g/mol. The van der Waals surface area contributed by atoms with Crippen LogP contribution in [0.3, 0.4) is 0 Å². The molecule has 120 valence electrons. The lowest BCUT2D eigenvalue weighted by atomic mass is 10.1. The first-order chi connectivity index (χ1) is 10.3. The van der Waals surface area contributed by atoms with E-state index in [0.717, 1.165) is 23.4 Å². The summed E-state index contributed by atoms with van der Waals surface area (Å²) in [6.07, 6.45) is 1.77. The molecule has 1 aromatic carbocycles. The van der Waals surface area contributed by atoms with Crippen LogP contribution >= 0.6 is 11.8 Å². The summed E-state index contributed by atoms with van der Waals surface area (Å²) in [5.74, 6) is -0.212. The van der Waals surface area contributed by atoms with E-state index in [4.69, 9.17) is 10.8 Å². The Hall–Kier alpha value is -1.33. The molecule has 2 aromatic rings. The number of hydrogen-bond acceptors (Lipinski definition) is 3. The summed E-state index contributed by atoms with van der Waals surface area (Å²) in [5.41, 5.74) is 8.12. The van der Waals surface area contributed by atoms with Crippen molar-refractivity contribution in [1.29, 1.82) is 0 Å². The van der Waals surface area contributed by atoms with Crippen molar-refractivity contribution in [2.75, 3.05) is 0 Å². The fraction of sp³-hybridized carbons (Fsp3) is 0.471. The number of aromatic nitrogens is 2. The molecule has 2 rings (SSSR count). The van der Waals surface area contributed by atoms with Gasteiger partial charge < -0.3 is 5.73 Å². The number of halogens is 1. The lowest BCUT2D eigenvalue weighted by molar-refractivity contribution is 0.398. The number of rotatable bonds is 6. The second-order valence-corrected chi connectivity index (χ2v) is 7.22. The molecule has 0 saturated heterocycles. The number of nitrogens with zero attached hydrogens (tertiary/aromatic N) is 2. The van der Waals surface area contributed by atoms with Crippen molar-refractivity contribution < 1.29 is 4.39 Å². The average Bonchev–Trinajstić information content (AvgIpc) is 2.76. The third-order valence-electron chi connectivity index (χ3n) is 3.34. The van der Waals surface area contributed by atoms with Gasteiger partial charge in [-0.15, -0.1) is 0 Å². The van der Waals surface area contributed by atoms with Crippen molar-refractivity contribution in [3.63, 3.8) is 0 Å². The molecule has 0 aliphatic rings. The standard InChI is InChI=1S/C17H24FN3S/c1-5-14-16(22-13-9-7-12(18)8-10-13)15(6-2)21(20-14)11-17(3,4)19/h7-10H,5-6,11,19H2,1-4H3. The molecule has 0 unspecified atom stereocenters. The van der Waals surface area contributed by atoms with Crippen LogP contribution in [0.5, 0.6) is 0 Å². The van der Waals surface area contributed by atoms with Gasteiger partial charge in [0.2, 0.25) is 0 Å². The third-order valence-corrected chi connectivity index (χ3v) is 4.52. The molecule has 2 N–H and O–H groups in total. The zero-order chi connectivity index (χ0) is 16.3. The second kappa shape index (κ2) is 6.84. The minimum atomic E-state index is -0.307. The maximum absolute atomic E-state index is 13.1. The van der Waals surface area contributed by atoms with Crippen LogP contribution in [0.15, 0.2) is 34.1 Å². The van der Waals surface area contributed by atoms with Crippen LogP contribution < -0.4 is 5.73 Å². The Morgan fingerprint density at radius 2 is 1.82 bits per heavy atom. The minimum absolute atomic E-state index is 0.212. The number of nitrogens with two attached hydrogens (primary N) is 1. The van der Waals surface area contributed by atoms with Crippen LogP contribution in [0, 0.1) is 5.82 Å². The number of aryl methyl sites for hydroxylation is 1. The quantitative estimate of drug-likeness (QED) is 0.873. The van der Waals surface area contributed by atoms with E-state index >= 15 is 0 Å². The summed E-state index contributed by atoms with van der Waals surface area (Å²) >= 11 is 1.65.